The summed E-state index contributed by atoms with van der Waals surface area (Å²) >= 11 is 0. The highest BCUT2D eigenvalue weighted by Gasteiger charge is 2.36. The molecule has 1 saturated carbocycles. The Labute approximate surface area is 126 Å². The predicted octanol–water partition coefficient (Wildman–Crippen LogP) is 2.58. The van der Waals surface area contributed by atoms with E-state index in [-0.39, 0.29) is 11.3 Å². The van der Waals surface area contributed by atoms with Gasteiger partial charge >= 0.3 is 5.97 Å². The lowest BCUT2D eigenvalue weighted by molar-refractivity contribution is 0.0659. The number of aromatic carboxylic acids is 1. The molecular weight excluding hydrogens is 268 g/mol. The molecule has 2 rings (SSSR count). The molecule has 0 spiro atoms. The molecule has 0 bridgehead atoms. The average molecular weight is 294 g/mol. The zero-order valence-electron chi connectivity index (χ0n) is 13.2. The van der Waals surface area contributed by atoms with Crippen molar-refractivity contribution >= 4 is 5.97 Å². The minimum Gasteiger partial charge on any atom is -0.475 e. The van der Waals surface area contributed by atoms with Crippen molar-refractivity contribution in [3.8, 4) is 0 Å². The number of nitrogens with zero attached hydrogens (tertiary/aromatic N) is 1. The van der Waals surface area contributed by atoms with E-state index in [9.17, 15) is 4.79 Å². The van der Waals surface area contributed by atoms with E-state index in [1.165, 1.54) is 31.9 Å². The topological polar surface area (TPSA) is 65.7 Å². The summed E-state index contributed by atoms with van der Waals surface area (Å²) in [7, 11) is 4.28. The molecule has 5 nitrogen and oxygen atoms in total. The highest BCUT2D eigenvalue weighted by molar-refractivity contribution is 5.86. The Balaban J connectivity index is 1.96. The summed E-state index contributed by atoms with van der Waals surface area (Å²) in [5.41, 5.74) is 0.880. The SMILES string of the molecule is CC1CCCC(CNCc2ccoc2C(=O)O)(N(C)C)C1. The third kappa shape index (κ3) is 3.66. The number of carboxylic acid groups (broad SMARTS) is 1. The van der Waals surface area contributed by atoms with Gasteiger partial charge in [-0.1, -0.05) is 19.8 Å². The van der Waals surface area contributed by atoms with Crippen LogP contribution < -0.4 is 5.32 Å². The molecule has 1 aliphatic carbocycles. The summed E-state index contributed by atoms with van der Waals surface area (Å²) in [6.07, 6.45) is 6.37. The van der Waals surface area contributed by atoms with Crippen LogP contribution in [-0.2, 0) is 6.54 Å². The molecule has 118 valence electrons. The Hall–Kier alpha value is -1.33. The minimum absolute atomic E-state index is 0.0402. The lowest BCUT2D eigenvalue weighted by Gasteiger charge is -2.45. The molecule has 1 aromatic heterocycles. The van der Waals surface area contributed by atoms with Crippen LogP contribution in [0.1, 0.15) is 48.7 Å². The number of hydrogen-bond donors (Lipinski definition) is 2. The van der Waals surface area contributed by atoms with E-state index in [2.05, 4.69) is 31.2 Å². The van der Waals surface area contributed by atoms with E-state index >= 15 is 0 Å². The molecule has 2 atom stereocenters. The number of carbonyl (C=O) groups is 1. The maximum atomic E-state index is 11.0. The average Bonchev–Trinajstić information content (AvgIpc) is 2.87. The normalized spacial score (nSPS) is 26.2. The first-order valence-corrected chi connectivity index (χ1v) is 7.62. The lowest BCUT2D eigenvalue weighted by Crippen LogP contribution is -2.54. The van der Waals surface area contributed by atoms with E-state index in [1.54, 1.807) is 6.07 Å². The molecule has 2 unspecified atom stereocenters. The quantitative estimate of drug-likeness (QED) is 0.844. The third-order valence-electron chi connectivity index (χ3n) is 4.73. The Kier molecular flexibility index (Phi) is 5.06. The second-order valence-electron chi connectivity index (χ2n) is 6.50. The number of likely N-dealkylation sites (N-methyl/N-ethyl adjacent to an activating group) is 1. The molecule has 0 aliphatic heterocycles. The summed E-state index contributed by atoms with van der Waals surface area (Å²) in [6, 6.07) is 1.72. The first kappa shape index (κ1) is 16.0. The fraction of sp³-hybridized carbons (Fsp3) is 0.688. The van der Waals surface area contributed by atoms with Crippen molar-refractivity contribution in [2.45, 2.75) is 44.7 Å². The van der Waals surface area contributed by atoms with Gasteiger partial charge < -0.3 is 19.7 Å². The molecular formula is C16H26N2O3. The van der Waals surface area contributed by atoms with Gasteiger partial charge in [0.05, 0.1) is 6.26 Å². The molecule has 1 aromatic rings. The monoisotopic (exact) mass is 294 g/mol. The Bertz CT molecular complexity index is 484. The van der Waals surface area contributed by atoms with Gasteiger partial charge in [-0.3, -0.25) is 0 Å². The molecule has 0 saturated heterocycles. The van der Waals surface area contributed by atoms with Gasteiger partial charge in [-0.25, -0.2) is 4.79 Å². The summed E-state index contributed by atoms with van der Waals surface area (Å²) in [5, 5.41) is 12.5. The fourth-order valence-corrected chi connectivity index (χ4v) is 3.45. The van der Waals surface area contributed by atoms with Gasteiger partial charge in [0.1, 0.15) is 0 Å². The van der Waals surface area contributed by atoms with E-state index in [0.29, 0.717) is 12.1 Å². The molecule has 0 radical (unpaired) electrons. The first-order chi connectivity index (χ1) is 9.94. The first-order valence-electron chi connectivity index (χ1n) is 7.62. The van der Waals surface area contributed by atoms with Crippen LogP contribution in [0.2, 0.25) is 0 Å². The molecule has 0 aromatic carbocycles. The number of carboxylic acids is 1. The lowest BCUT2D eigenvalue weighted by atomic mass is 9.75. The summed E-state index contributed by atoms with van der Waals surface area (Å²) in [5.74, 6) is -0.227. The summed E-state index contributed by atoms with van der Waals surface area (Å²) in [4.78, 5) is 13.4. The number of rotatable bonds is 6. The standard InChI is InChI=1S/C16H26N2O3/c1-12-5-4-7-16(9-12,18(2)3)11-17-10-13-6-8-21-14(13)15(19)20/h6,8,12,17H,4-5,7,9-11H2,1-3H3,(H,19,20). The van der Waals surface area contributed by atoms with Crippen LogP contribution in [0.4, 0.5) is 0 Å². The molecule has 1 aliphatic rings. The van der Waals surface area contributed by atoms with Crippen LogP contribution in [0, 0.1) is 5.92 Å². The van der Waals surface area contributed by atoms with Gasteiger partial charge in [0.25, 0.3) is 0 Å². The van der Waals surface area contributed by atoms with Gasteiger partial charge in [-0.15, -0.1) is 0 Å². The van der Waals surface area contributed by atoms with Crippen LogP contribution in [0.5, 0.6) is 0 Å². The molecule has 21 heavy (non-hydrogen) atoms. The second kappa shape index (κ2) is 6.62. The molecule has 2 N–H and O–H groups in total. The van der Waals surface area contributed by atoms with Gasteiger partial charge in [-0.05, 0) is 38.9 Å². The zero-order chi connectivity index (χ0) is 15.5. The van der Waals surface area contributed by atoms with Crippen LogP contribution in [0.25, 0.3) is 0 Å². The van der Waals surface area contributed by atoms with Crippen molar-refractivity contribution in [3.05, 3.63) is 23.7 Å². The highest BCUT2D eigenvalue weighted by atomic mass is 16.4. The Morgan fingerprint density at radius 3 is 2.95 bits per heavy atom. The van der Waals surface area contributed by atoms with Crippen molar-refractivity contribution in [3.63, 3.8) is 0 Å². The van der Waals surface area contributed by atoms with Crippen molar-refractivity contribution in [1.82, 2.24) is 10.2 Å². The largest absolute Gasteiger partial charge is 0.475 e. The van der Waals surface area contributed by atoms with Crippen LogP contribution in [-0.4, -0.2) is 42.2 Å². The van der Waals surface area contributed by atoms with E-state index < -0.39 is 5.97 Å². The van der Waals surface area contributed by atoms with Crippen LogP contribution in [0.3, 0.4) is 0 Å². The maximum absolute atomic E-state index is 11.0. The number of hydrogen-bond acceptors (Lipinski definition) is 4. The Morgan fingerprint density at radius 1 is 1.57 bits per heavy atom. The molecule has 1 fully saturated rings. The van der Waals surface area contributed by atoms with Crippen molar-refractivity contribution in [2.24, 2.45) is 5.92 Å². The summed E-state index contributed by atoms with van der Waals surface area (Å²) in [6.45, 7) is 3.71. The molecule has 1 heterocycles. The highest BCUT2D eigenvalue weighted by Crippen LogP contribution is 2.35. The molecule has 0 amide bonds. The van der Waals surface area contributed by atoms with E-state index in [4.69, 9.17) is 9.52 Å². The smallest absolute Gasteiger partial charge is 0.372 e. The second-order valence-corrected chi connectivity index (χ2v) is 6.50. The Morgan fingerprint density at radius 2 is 2.33 bits per heavy atom. The zero-order valence-corrected chi connectivity index (χ0v) is 13.2. The van der Waals surface area contributed by atoms with Crippen LogP contribution >= 0.6 is 0 Å². The number of furan rings is 1. The summed E-state index contributed by atoms with van der Waals surface area (Å²) < 4.78 is 5.01. The fourth-order valence-electron chi connectivity index (χ4n) is 3.45. The van der Waals surface area contributed by atoms with Crippen LogP contribution in [0.15, 0.2) is 16.7 Å². The minimum atomic E-state index is -1.01. The van der Waals surface area contributed by atoms with Gasteiger partial charge in [-0.2, -0.15) is 0 Å². The third-order valence-corrected chi connectivity index (χ3v) is 4.73. The molecule has 5 heteroatoms. The van der Waals surface area contributed by atoms with Crippen molar-refractivity contribution in [1.29, 1.82) is 0 Å². The van der Waals surface area contributed by atoms with Crippen molar-refractivity contribution in [2.75, 3.05) is 20.6 Å². The van der Waals surface area contributed by atoms with Gasteiger partial charge in [0.15, 0.2) is 0 Å². The van der Waals surface area contributed by atoms with Crippen molar-refractivity contribution < 1.29 is 14.3 Å². The van der Waals surface area contributed by atoms with Gasteiger partial charge in [0.2, 0.25) is 5.76 Å². The van der Waals surface area contributed by atoms with E-state index in [0.717, 1.165) is 12.5 Å². The maximum Gasteiger partial charge on any atom is 0.372 e. The number of nitrogens with one attached hydrogen (secondary N) is 1. The van der Waals surface area contributed by atoms with E-state index in [1.807, 2.05) is 0 Å². The predicted molar refractivity (Wildman–Crippen MR) is 81.4 cm³/mol. The van der Waals surface area contributed by atoms with Gasteiger partial charge in [0, 0.05) is 24.2 Å².